The first-order chi connectivity index (χ1) is 17.4. The lowest BCUT2D eigenvalue weighted by Gasteiger charge is -2.57. The summed E-state index contributed by atoms with van der Waals surface area (Å²) < 4.78 is 5.77. The summed E-state index contributed by atoms with van der Waals surface area (Å²) in [7, 11) is 0. The van der Waals surface area contributed by atoms with Gasteiger partial charge in [-0.05, 0) is 111 Å². The summed E-state index contributed by atoms with van der Waals surface area (Å²) in [5.74, 6) is 2.13. The quantitative estimate of drug-likeness (QED) is 0.421. The lowest BCUT2D eigenvalue weighted by molar-refractivity contribution is -0.141. The lowest BCUT2D eigenvalue weighted by Crippen LogP contribution is -2.48. The van der Waals surface area contributed by atoms with Gasteiger partial charge in [0.15, 0.2) is 0 Å². The molecule has 0 saturated heterocycles. The Morgan fingerprint density at radius 1 is 1.00 bits per heavy atom. The van der Waals surface area contributed by atoms with Crippen LogP contribution in [0.3, 0.4) is 0 Å². The zero-order chi connectivity index (χ0) is 25.3. The van der Waals surface area contributed by atoms with E-state index in [0.29, 0.717) is 37.0 Å². The molecule has 4 saturated carbocycles. The molecule has 2 N–H and O–H groups in total. The molecule has 2 aromatic rings. The standard InChI is InChI=1S/C31H39NO4/c1-3-24(30(34)35)14-20-5-10-28(36-4-2)26(15-20)19-32-29(33)25-6-8-27(9-7-25)31-16-21-11-22(17-31)13-23(12-21)18-31/h5-10,15,21-24H,3-4,11-14,16-19H2,1-2H3,(H,32,33)(H,34,35)/t21?,22?,23?,24-,31?/m1/s1. The van der Waals surface area contributed by atoms with Gasteiger partial charge in [0, 0.05) is 17.7 Å². The summed E-state index contributed by atoms with van der Waals surface area (Å²) in [4.78, 5) is 24.5. The third-order valence-electron chi connectivity index (χ3n) is 8.99. The van der Waals surface area contributed by atoms with Crippen LogP contribution in [0.4, 0.5) is 0 Å². The molecule has 4 fully saturated rings. The number of ether oxygens (including phenoxy) is 1. The molecule has 36 heavy (non-hydrogen) atoms. The lowest BCUT2D eigenvalue weighted by atomic mass is 9.48. The van der Waals surface area contributed by atoms with E-state index in [2.05, 4.69) is 17.4 Å². The summed E-state index contributed by atoms with van der Waals surface area (Å²) in [5, 5.41) is 12.5. The highest BCUT2D eigenvalue weighted by molar-refractivity contribution is 5.94. The van der Waals surface area contributed by atoms with Gasteiger partial charge in [-0.3, -0.25) is 9.59 Å². The molecule has 0 spiro atoms. The number of carbonyl (C=O) groups excluding carboxylic acids is 1. The van der Waals surface area contributed by atoms with E-state index >= 15 is 0 Å². The molecule has 2 aromatic carbocycles. The minimum absolute atomic E-state index is 0.100. The number of hydrogen-bond donors (Lipinski definition) is 2. The molecule has 6 rings (SSSR count). The van der Waals surface area contributed by atoms with Crippen molar-refractivity contribution in [1.82, 2.24) is 5.32 Å². The van der Waals surface area contributed by atoms with Crippen molar-refractivity contribution in [2.75, 3.05) is 6.61 Å². The van der Waals surface area contributed by atoms with Crippen LogP contribution in [0.1, 0.15) is 85.8 Å². The van der Waals surface area contributed by atoms with Crippen LogP contribution in [0.5, 0.6) is 5.75 Å². The van der Waals surface area contributed by atoms with Crippen molar-refractivity contribution in [1.29, 1.82) is 0 Å². The summed E-state index contributed by atoms with van der Waals surface area (Å²) in [6.45, 7) is 4.68. The van der Waals surface area contributed by atoms with Gasteiger partial charge in [-0.2, -0.15) is 0 Å². The highest BCUT2D eigenvalue weighted by Gasteiger charge is 2.51. The fourth-order valence-corrected chi connectivity index (χ4v) is 7.60. The largest absolute Gasteiger partial charge is 0.494 e. The molecule has 4 aliphatic rings. The molecule has 4 aliphatic carbocycles. The fourth-order valence-electron chi connectivity index (χ4n) is 7.60. The predicted molar refractivity (Wildman–Crippen MR) is 140 cm³/mol. The number of carbonyl (C=O) groups is 2. The average Bonchev–Trinajstić information content (AvgIpc) is 2.86. The molecular weight excluding hydrogens is 450 g/mol. The number of amides is 1. The number of benzene rings is 2. The normalized spacial score (nSPS) is 27.0. The van der Waals surface area contributed by atoms with Crippen LogP contribution in [-0.2, 0) is 23.2 Å². The Hall–Kier alpha value is -2.82. The van der Waals surface area contributed by atoms with Crippen LogP contribution in [0, 0.1) is 23.7 Å². The smallest absolute Gasteiger partial charge is 0.306 e. The summed E-state index contributed by atoms with van der Waals surface area (Å²) in [6, 6.07) is 14.1. The third-order valence-corrected chi connectivity index (χ3v) is 8.99. The van der Waals surface area contributed by atoms with Gasteiger partial charge in [-0.1, -0.05) is 31.2 Å². The maximum atomic E-state index is 13.0. The second kappa shape index (κ2) is 10.3. The number of rotatable bonds is 10. The van der Waals surface area contributed by atoms with E-state index in [1.165, 1.54) is 44.1 Å². The Kier molecular flexibility index (Phi) is 7.09. The molecule has 4 bridgehead atoms. The Morgan fingerprint density at radius 3 is 2.19 bits per heavy atom. The van der Waals surface area contributed by atoms with Crippen molar-refractivity contribution in [3.63, 3.8) is 0 Å². The van der Waals surface area contributed by atoms with E-state index in [1.807, 2.05) is 44.2 Å². The molecular formula is C31H39NO4. The average molecular weight is 490 g/mol. The monoisotopic (exact) mass is 489 g/mol. The molecule has 0 radical (unpaired) electrons. The Bertz CT molecular complexity index is 1070. The minimum Gasteiger partial charge on any atom is -0.494 e. The topological polar surface area (TPSA) is 75.6 Å². The van der Waals surface area contributed by atoms with Crippen LogP contribution in [0.25, 0.3) is 0 Å². The van der Waals surface area contributed by atoms with Gasteiger partial charge in [0.1, 0.15) is 5.75 Å². The maximum absolute atomic E-state index is 13.0. The Morgan fingerprint density at radius 2 is 1.64 bits per heavy atom. The van der Waals surface area contributed by atoms with Crippen molar-refractivity contribution < 1.29 is 19.4 Å². The Balaban J connectivity index is 1.26. The number of nitrogens with one attached hydrogen (secondary N) is 1. The van der Waals surface area contributed by atoms with Crippen LogP contribution in [0.15, 0.2) is 42.5 Å². The second-order valence-electron chi connectivity index (χ2n) is 11.5. The van der Waals surface area contributed by atoms with E-state index in [9.17, 15) is 14.7 Å². The van der Waals surface area contributed by atoms with Gasteiger partial charge in [0.25, 0.3) is 5.91 Å². The highest BCUT2D eigenvalue weighted by Crippen LogP contribution is 2.60. The highest BCUT2D eigenvalue weighted by atomic mass is 16.5. The SMILES string of the molecule is CCOc1ccc(C[C@@H](CC)C(=O)O)cc1CNC(=O)c1ccc(C23CC4CC(CC(C4)C2)C3)cc1. The summed E-state index contributed by atoms with van der Waals surface area (Å²) in [5.41, 5.74) is 4.25. The molecule has 0 heterocycles. The zero-order valence-electron chi connectivity index (χ0n) is 21.6. The predicted octanol–water partition coefficient (Wildman–Crippen LogP) is 6.14. The van der Waals surface area contributed by atoms with Crippen molar-refractivity contribution in [3.8, 4) is 5.75 Å². The summed E-state index contributed by atoms with van der Waals surface area (Å²) >= 11 is 0. The molecule has 0 aliphatic heterocycles. The first-order valence-corrected chi connectivity index (χ1v) is 13.7. The van der Waals surface area contributed by atoms with Crippen molar-refractivity contribution in [2.24, 2.45) is 23.7 Å². The number of carboxylic acid groups (broad SMARTS) is 1. The first-order valence-electron chi connectivity index (χ1n) is 13.7. The van der Waals surface area contributed by atoms with Gasteiger partial charge in [-0.15, -0.1) is 0 Å². The van der Waals surface area contributed by atoms with E-state index in [0.717, 1.165) is 34.6 Å². The van der Waals surface area contributed by atoms with E-state index < -0.39 is 11.9 Å². The molecule has 0 aromatic heterocycles. The molecule has 192 valence electrons. The zero-order valence-corrected chi connectivity index (χ0v) is 21.6. The van der Waals surface area contributed by atoms with Crippen molar-refractivity contribution in [2.45, 2.75) is 77.2 Å². The second-order valence-corrected chi connectivity index (χ2v) is 11.5. The van der Waals surface area contributed by atoms with Crippen LogP contribution in [-0.4, -0.2) is 23.6 Å². The van der Waals surface area contributed by atoms with Crippen molar-refractivity contribution in [3.05, 3.63) is 64.7 Å². The van der Waals surface area contributed by atoms with E-state index in [1.54, 1.807) is 0 Å². The van der Waals surface area contributed by atoms with E-state index in [-0.39, 0.29) is 5.91 Å². The molecule has 5 heteroatoms. The van der Waals surface area contributed by atoms with Crippen LogP contribution in [0.2, 0.25) is 0 Å². The van der Waals surface area contributed by atoms with Gasteiger partial charge in [0.2, 0.25) is 0 Å². The van der Waals surface area contributed by atoms with Crippen molar-refractivity contribution >= 4 is 11.9 Å². The van der Waals surface area contributed by atoms with Gasteiger partial charge in [-0.25, -0.2) is 0 Å². The fraction of sp³-hybridized carbons (Fsp3) is 0.548. The minimum atomic E-state index is -0.779. The van der Waals surface area contributed by atoms with Gasteiger partial charge in [0.05, 0.1) is 12.5 Å². The van der Waals surface area contributed by atoms with Crippen LogP contribution < -0.4 is 10.1 Å². The molecule has 1 atom stereocenters. The number of carboxylic acids is 1. The summed E-state index contributed by atoms with van der Waals surface area (Å²) in [6.07, 6.45) is 9.30. The molecule has 1 amide bonds. The Labute approximate surface area is 214 Å². The molecule has 5 nitrogen and oxygen atoms in total. The number of aliphatic carboxylic acids is 1. The molecule has 0 unspecified atom stereocenters. The van der Waals surface area contributed by atoms with Gasteiger partial charge >= 0.3 is 5.97 Å². The maximum Gasteiger partial charge on any atom is 0.306 e. The number of hydrogen-bond acceptors (Lipinski definition) is 3. The third kappa shape index (κ3) is 5.02. The van der Waals surface area contributed by atoms with Crippen LogP contribution >= 0.6 is 0 Å². The van der Waals surface area contributed by atoms with Gasteiger partial charge < -0.3 is 15.2 Å². The first kappa shape index (κ1) is 24.9. The van der Waals surface area contributed by atoms with E-state index in [4.69, 9.17) is 4.74 Å².